The van der Waals surface area contributed by atoms with Crippen LogP contribution in [0, 0.1) is 5.82 Å². The van der Waals surface area contributed by atoms with Gasteiger partial charge in [0.05, 0.1) is 5.02 Å². The monoisotopic (exact) mass is 341 g/mol. The summed E-state index contributed by atoms with van der Waals surface area (Å²) in [6.07, 6.45) is 0. The smallest absolute Gasteiger partial charge is 0.146 e. The molecule has 2 aromatic rings. The molecule has 1 nitrogen and oxygen atoms in total. The number of hydrogen-bond donors (Lipinski definition) is 1. The van der Waals surface area contributed by atoms with Crippen LogP contribution in [-0.4, -0.2) is 0 Å². The van der Waals surface area contributed by atoms with Gasteiger partial charge in [-0.25, -0.2) is 4.39 Å². The van der Waals surface area contributed by atoms with E-state index < -0.39 is 0 Å². The van der Waals surface area contributed by atoms with Crippen molar-refractivity contribution in [3.63, 3.8) is 0 Å². The lowest BCUT2D eigenvalue weighted by molar-refractivity contribution is 0.544. The van der Waals surface area contributed by atoms with E-state index in [-0.39, 0.29) is 16.9 Å². The van der Waals surface area contributed by atoms with Gasteiger partial charge in [-0.1, -0.05) is 51.8 Å². The summed E-state index contributed by atoms with van der Waals surface area (Å²) in [4.78, 5) is 0. The SMILES string of the molecule is C[C@H](NCc1cccc(Cl)c1F)c1cccc(Br)c1. The summed E-state index contributed by atoms with van der Waals surface area (Å²) >= 11 is 9.20. The molecule has 0 spiro atoms. The normalized spacial score (nSPS) is 12.4. The Hall–Kier alpha value is -0.900. The molecule has 0 bridgehead atoms. The summed E-state index contributed by atoms with van der Waals surface area (Å²) in [6.45, 7) is 2.49. The molecule has 2 aromatic carbocycles. The molecule has 0 aliphatic rings. The Kier molecular flexibility index (Phi) is 4.97. The van der Waals surface area contributed by atoms with Gasteiger partial charge in [0.2, 0.25) is 0 Å². The van der Waals surface area contributed by atoms with E-state index in [0.29, 0.717) is 12.1 Å². The van der Waals surface area contributed by atoms with Crippen molar-refractivity contribution in [3.8, 4) is 0 Å². The van der Waals surface area contributed by atoms with Crippen LogP contribution in [0.3, 0.4) is 0 Å². The zero-order chi connectivity index (χ0) is 13.8. The zero-order valence-corrected chi connectivity index (χ0v) is 12.8. The zero-order valence-electron chi connectivity index (χ0n) is 10.5. The molecule has 0 radical (unpaired) electrons. The highest BCUT2D eigenvalue weighted by atomic mass is 79.9. The molecule has 1 atom stereocenters. The highest BCUT2D eigenvalue weighted by molar-refractivity contribution is 9.10. The predicted octanol–water partition coefficient (Wildman–Crippen LogP) is 5.09. The highest BCUT2D eigenvalue weighted by Crippen LogP contribution is 2.20. The molecule has 0 saturated carbocycles. The molecule has 1 N–H and O–H groups in total. The molecule has 0 fully saturated rings. The number of halogens is 3. The summed E-state index contributed by atoms with van der Waals surface area (Å²) in [7, 11) is 0. The minimum absolute atomic E-state index is 0.135. The Bertz CT molecular complexity index is 574. The fourth-order valence-electron chi connectivity index (χ4n) is 1.84. The lowest BCUT2D eigenvalue weighted by atomic mass is 10.1. The maximum absolute atomic E-state index is 13.7. The van der Waals surface area contributed by atoms with E-state index in [9.17, 15) is 4.39 Å². The highest BCUT2D eigenvalue weighted by Gasteiger charge is 2.09. The molecule has 0 heterocycles. The van der Waals surface area contributed by atoms with Crippen LogP contribution in [0.2, 0.25) is 5.02 Å². The lowest BCUT2D eigenvalue weighted by Crippen LogP contribution is -2.18. The van der Waals surface area contributed by atoms with Gasteiger partial charge >= 0.3 is 0 Å². The number of nitrogens with one attached hydrogen (secondary N) is 1. The van der Waals surface area contributed by atoms with Crippen LogP contribution in [0.1, 0.15) is 24.1 Å². The molecule has 2 rings (SSSR count). The van der Waals surface area contributed by atoms with Crippen molar-refractivity contribution in [3.05, 3.63) is 68.9 Å². The average Bonchev–Trinajstić information content (AvgIpc) is 2.40. The standard InChI is InChI=1S/C15H14BrClFN/c1-10(11-4-2-6-13(16)8-11)19-9-12-5-3-7-14(17)15(12)18/h2-8,10,19H,9H2,1H3/t10-/m0/s1. The average molecular weight is 343 g/mol. The van der Waals surface area contributed by atoms with E-state index in [1.54, 1.807) is 18.2 Å². The fourth-order valence-corrected chi connectivity index (χ4v) is 2.45. The first-order valence-electron chi connectivity index (χ1n) is 5.99. The molecule has 0 unspecified atom stereocenters. The maximum Gasteiger partial charge on any atom is 0.146 e. The van der Waals surface area contributed by atoms with E-state index in [2.05, 4.69) is 21.2 Å². The van der Waals surface area contributed by atoms with Crippen molar-refractivity contribution >= 4 is 27.5 Å². The van der Waals surface area contributed by atoms with Crippen LogP contribution in [0.15, 0.2) is 46.9 Å². The van der Waals surface area contributed by atoms with Crippen LogP contribution < -0.4 is 5.32 Å². The third-order valence-electron chi connectivity index (χ3n) is 2.98. The minimum atomic E-state index is -0.349. The van der Waals surface area contributed by atoms with E-state index in [0.717, 1.165) is 10.0 Å². The third kappa shape index (κ3) is 3.78. The van der Waals surface area contributed by atoms with Gasteiger partial charge in [0.15, 0.2) is 0 Å². The van der Waals surface area contributed by atoms with E-state index in [1.807, 2.05) is 31.2 Å². The van der Waals surface area contributed by atoms with E-state index in [4.69, 9.17) is 11.6 Å². The van der Waals surface area contributed by atoms with Crippen LogP contribution in [0.4, 0.5) is 4.39 Å². The van der Waals surface area contributed by atoms with Crippen molar-refractivity contribution in [2.24, 2.45) is 0 Å². The van der Waals surface area contributed by atoms with Crippen LogP contribution >= 0.6 is 27.5 Å². The predicted molar refractivity (Wildman–Crippen MR) is 80.8 cm³/mol. The second kappa shape index (κ2) is 6.51. The topological polar surface area (TPSA) is 12.0 Å². The van der Waals surface area contributed by atoms with Crippen LogP contribution in [-0.2, 0) is 6.54 Å². The Labute approximate surface area is 125 Å². The second-order valence-corrected chi connectivity index (χ2v) is 5.69. The second-order valence-electron chi connectivity index (χ2n) is 4.37. The first kappa shape index (κ1) is 14.5. The molecule has 19 heavy (non-hydrogen) atoms. The van der Waals surface area contributed by atoms with Gasteiger partial charge in [0.25, 0.3) is 0 Å². The minimum Gasteiger partial charge on any atom is -0.306 e. The summed E-state index contributed by atoms with van der Waals surface area (Å²) in [5.41, 5.74) is 1.73. The summed E-state index contributed by atoms with van der Waals surface area (Å²) in [5.74, 6) is -0.349. The molecule has 0 saturated heterocycles. The first-order chi connectivity index (χ1) is 9.08. The Morgan fingerprint density at radius 3 is 2.74 bits per heavy atom. The van der Waals surface area contributed by atoms with Crippen molar-refractivity contribution in [1.82, 2.24) is 5.32 Å². The van der Waals surface area contributed by atoms with E-state index in [1.165, 1.54) is 0 Å². The van der Waals surface area contributed by atoms with Crippen molar-refractivity contribution in [2.75, 3.05) is 0 Å². The first-order valence-corrected chi connectivity index (χ1v) is 7.17. The fraction of sp³-hybridized carbons (Fsp3) is 0.200. The molecular formula is C15H14BrClFN. The molecule has 100 valence electrons. The summed E-state index contributed by atoms with van der Waals surface area (Å²) < 4.78 is 14.8. The number of hydrogen-bond acceptors (Lipinski definition) is 1. The van der Waals surface area contributed by atoms with Crippen molar-refractivity contribution in [2.45, 2.75) is 19.5 Å². The van der Waals surface area contributed by atoms with Crippen LogP contribution in [0.5, 0.6) is 0 Å². The number of benzene rings is 2. The van der Waals surface area contributed by atoms with Crippen LogP contribution in [0.25, 0.3) is 0 Å². The largest absolute Gasteiger partial charge is 0.306 e. The van der Waals surface area contributed by atoms with Gasteiger partial charge < -0.3 is 5.32 Å². The maximum atomic E-state index is 13.7. The summed E-state index contributed by atoms with van der Waals surface area (Å²) in [6, 6.07) is 13.2. The number of rotatable bonds is 4. The molecule has 0 aliphatic heterocycles. The van der Waals surface area contributed by atoms with Gasteiger partial charge in [-0.05, 0) is 30.7 Å². The van der Waals surface area contributed by atoms with Gasteiger partial charge in [-0.15, -0.1) is 0 Å². The molecular weight excluding hydrogens is 329 g/mol. The quantitative estimate of drug-likeness (QED) is 0.816. The Balaban J connectivity index is 2.04. The van der Waals surface area contributed by atoms with Gasteiger partial charge in [-0.3, -0.25) is 0 Å². The van der Waals surface area contributed by atoms with Gasteiger partial charge in [0, 0.05) is 22.6 Å². The Morgan fingerprint density at radius 1 is 1.26 bits per heavy atom. The van der Waals surface area contributed by atoms with Crippen molar-refractivity contribution < 1.29 is 4.39 Å². The van der Waals surface area contributed by atoms with Crippen molar-refractivity contribution in [1.29, 1.82) is 0 Å². The molecule has 0 aliphatic carbocycles. The molecule has 4 heteroatoms. The Morgan fingerprint density at radius 2 is 2.00 bits per heavy atom. The van der Waals surface area contributed by atoms with Gasteiger partial charge in [0.1, 0.15) is 5.82 Å². The van der Waals surface area contributed by atoms with E-state index >= 15 is 0 Å². The summed E-state index contributed by atoms with van der Waals surface area (Å²) in [5, 5.41) is 3.45. The molecule has 0 aromatic heterocycles. The molecule has 0 amide bonds. The lowest BCUT2D eigenvalue weighted by Gasteiger charge is -2.15. The third-order valence-corrected chi connectivity index (χ3v) is 3.76. The van der Waals surface area contributed by atoms with Gasteiger partial charge in [-0.2, -0.15) is 0 Å².